The zero-order valence-corrected chi connectivity index (χ0v) is 12.6. The van der Waals surface area contributed by atoms with Gasteiger partial charge in [-0.1, -0.05) is 48.5 Å². The van der Waals surface area contributed by atoms with Gasteiger partial charge in [-0.25, -0.2) is 9.69 Å². The molecule has 0 bridgehead atoms. The Morgan fingerprint density at radius 2 is 1.58 bits per heavy atom. The molecular weight excluding hydrogens is 296 g/mol. The van der Waals surface area contributed by atoms with Gasteiger partial charge in [0, 0.05) is 17.3 Å². The standard InChI is InChI=1S/C20H10N4/c1-22-19-15(12-21)8-10-17(20(19)23-2)18-11-9-16(13-24-18)14-6-4-3-5-7-14/h3-11,13H. The number of pyridine rings is 1. The predicted octanol–water partition coefficient (Wildman–Crippen LogP) is 5.39. The molecule has 1 aromatic heterocycles. The van der Waals surface area contributed by atoms with Crippen molar-refractivity contribution in [3.8, 4) is 28.5 Å². The molecule has 0 fully saturated rings. The minimum atomic E-state index is 0.0823. The van der Waals surface area contributed by atoms with Gasteiger partial charge in [-0.15, -0.1) is 0 Å². The Bertz CT molecular complexity index is 1010. The topological polar surface area (TPSA) is 45.4 Å². The maximum Gasteiger partial charge on any atom is 0.212 e. The molecule has 1 heterocycles. The van der Waals surface area contributed by atoms with Gasteiger partial charge in [-0.05, 0) is 17.2 Å². The number of nitriles is 1. The van der Waals surface area contributed by atoms with Crippen LogP contribution >= 0.6 is 0 Å². The Hall–Kier alpha value is -3.94. The summed E-state index contributed by atoms with van der Waals surface area (Å²) in [6.45, 7) is 14.6. The van der Waals surface area contributed by atoms with Crippen LogP contribution in [-0.2, 0) is 0 Å². The summed E-state index contributed by atoms with van der Waals surface area (Å²) in [6, 6.07) is 18.8. The molecule has 110 valence electrons. The molecule has 0 amide bonds. The first-order valence-corrected chi connectivity index (χ1v) is 7.12. The van der Waals surface area contributed by atoms with Gasteiger partial charge in [0.2, 0.25) is 11.4 Å². The maximum absolute atomic E-state index is 9.08. The van der Waals surface area contributed by atoms with Crippen LogP contribution in [0.1, 0.15) is 5.56 Å². The van der Waals surface area contributed by atoms with Crippen LogP contribution in [0, 0.1) is 24.5 Å². The van der Waals surface area contributed by atoms with E-state index in [4.69, 9.17) is 18.4 Å². The quantitative estimate of drug-likeness (QED) is 0.596. The first-order chi connectivity index (χ1) is 11.8. The van der Waals surface area contributed by atoms with E-state index in [-0.39, 0.29) is 16.9 Å². The van der Waals surface area contributed by atoms with E-state index in [2.05, 4.69) is 14.7 Å². The van der Waals surface area contributed by atoms with Crippen molar-refractivity contribution >= 4 is 11.4 Å². The molecule has 0 atom stereocenters. The molecule has 3 rings (SSSR count). The van der Waals surface area contributed by atoms with Gasteiger partial charge in [-0.2, -0.15) is 5.26 Å². The Labute approximate surface area is 139 Å². The summed E-state index contributed by atoms with van der Waals surface area (Å²) in [7, 11) is 0. The third-order valence-corrected chi connectivity index (χ3v) is 3.64. The Morgan fingerprint density at radius 3 is 2.17 bits per heavy atom. The summed E-state index contributed by atoms with van der Waals surface area (Å²) in [4.78, 5) is 11.2. The first kappa shape index (κ1) is 15.0. The van der Waals surface area contributed by atoms with Gasteiger partial charge in [-0.3, -0.25) is 4.98 Å². The van der Waals surface area contributed by atoms with Gasteiger partial charge in [0.15, 0.2) is 0 Å². The largest absolute Gasteiger partial charge is 0.257 e. The number of rotatable bonds is 2. The lowest BCUT2D eigenvalue weighted by molar-refractivity contribution is 1.33. The zero-order chi connectivity index (χ0) is 16.9. The van der Waals surface area contributed by atoms with E-state index >= 15 is 0 Å². The van der Waals surface area contributed by atoms with Crippen LogP contribution in [-0.4, -0.2) is 4.98 Å². The van der Waals surface area contributed by atoms with Crippen molar-refractivity contribution in [2.45, 2.75) is 0 Å². The van der Waals surface area contributed by atoms with Crippen molar-refractivity contribution in [2.75, 3.05) is 0 Å². The second-order valence-corrected chi connectivity index (χ2v) is 4.99. The summed E-state index contributed by atoms with van der Waals surface area (Å²) in [6.07, 6.45) is 1.74. The van der Waals surface area contributed by atoms with Gasteiger partial charge >= 0.3 is 0 Å². The Balaban J connectivity index is 2.10. The second-order valence-electron chi connectivity index (χ2n) is 4.99. The van der Waals surface area contributed by atoms with Crippen LogP contribution in [0.2, 0.25) is 0 Å². The van der Waals surface area contributed by atoms with Crippen molar-refractivity contribution in [1.82, 2.24) is 4.98 Å². The number of nitrogens with zero attached hydrogens (tertiary/aromatic N) is 4. The Morgan fingerprint density at radius 1 is 0.833 bits per heavy atom. The molecule has 0 N–H and O–H groups in total. The number of aromatic nitrogens is 1. The third kappa shape index (κ3) is 2.59. The average molecular weight is 306 g/mol. The molecule has 3 aromatic rings. The smallest absolute Gasteiger partial charge is 0.212 e. The maximum atomic E-state index is 9.08. The monoisotopic (exact) mass is 306 g/mol. The van der Waals surface area contributed by atoms with Gasteiger partial charge in [0.1, 0.15) is 0 Å². The molecule has 2 aromatic carbocycles. The highest BCUT2D eigenvalue weighted by atomic mass is 14.8. The van der Waals surface area contributed by atoms with Crippen molar-refractivity contribution < 1.29 is 0 Å². The number of benzene rings is 2. The minimum absolute atomic E-state index is 0.0823. The summed E-state index contributed by atoms with van der Waals surface area (Å²) < 4.78 is 0. The summed E-state index contributed by atoms with van der Waals surface area (Å²) in [5.41, 5.74) is 3.67. The van der Waals surface area contributed by atoms with Crippen LogP contribution in [0.5, 0.6) is 0 Å². The average Bonchev–Trinajstić information content (AvgIpc) is 2.67. The molecule has 0 aliphatic heterocycles. The van der Waals surface area contributed by atoms with Crippen molar-refractivity contribution in [1.29, 1.82) is 5.26 Å². The van der Waals surface area contributed by atoms with E-state index in [9.17, 15) is 0 Å². The molecule has 0 saturated heterocycles. The van der Waals surface area contributed by atoms with E-state index in [0.29, 0.717) is 11.3 Å². The van der Waals surface area contributed by atoms with E-state index in [1.807, 2.05) is 48.5 Å². The van der Waals surface area contributed by atoms with E-state index in [1.54, 1.807) is 18.3 Å². The molecule has 4 nitrogen and oxygen atoms in total. The molecule has 0 spiro atoms. The van der Waals surface area contributed by atoms with Crippen molar-refractivity contribution in [2.24, 2.45) is 0 Å². The second kappa shape index (κ2) is 6.44. The van der Waals surface area contributed by atoms with Gasteiger partial charge in [0.25, 0.3) is 0 Å². The van der Waals surface area contributed by atoms with Crippen LogP contribution in [0.4, 0.5) is 11.4 Å². The fourth-order valence-corrected chi connectivity index (χ4v) is 2.46. The molecule has 0 aliphatic carbocycles. The SMILES string of the molecule is [C-]#[N+]c1c(C#N)ccc(-c2ccc(-c3ccccc3)cn2)c1[N+]#[C-]. The van der Waals surface area contributed by atoms with E-state index in [0.717, 1.165) is 11.1 Å². The molecule has 0 saturated carbocycles. The molecule has 0 unspecified atom stereocenters. The molecular formula is C20H10N4. The van der Waals surface area contributed by atoms with E-state index < -0.39 is 0 Å². The summed E-state index contributed by atoms with van der Waals surface area (Å²) >= 11 is 0. The molecule has 24 heavy (non-hydrogen) atoms. The zero-order valence-electron chi connectivity index (χ0n) is 12.6. The van der Waals surface area contributed by atoms with Crippen LogP contribution in [0.15, 0.2) is 60.8 Å². The van der Waals surface area contributed by atoms with Crippen molar-refractivity contribution in [3.05, 3.63) is 89.2 Å². The van der Waals surface area contributed by atoms with Crippen LogP contribution in [0.25, 0.3) is 32.1 Å². The lowest BCUT2D eigenvalue weighted by Gasteiger charge is -2.08. The van der Waals surface area contributed by atoms with E-state index in [1.165, 1.54) is 0 Å². The molecule has 0 radical (unpaired) electrons. The highest BCUT2D eigenvalue weighted by Crippen LogP contribution is 2.40. The lowest BCUT2D eigenvalue weighted by atomic mass is 10.0. The summed E-state index contributed by atoms with van der Waals surface area (Å²) in [5, 5.41) is 9.08. The number of hydrogen-bond acceptors (Lipinski definition) is 2. The fourth-order valence-electron chi connectivity index (χ4n) is 2.46. The molecule has 0 aliphatic rings. The first-order valence-electron chi connectivity index (χ1n) is 7.12. The Kier molecular flexibility index (Phi) is 4.02. The highest BCUT2D eigenvalue weighted by Gasteiger charge is 2.15. The normalized spacial score (nSPS) is 9.54. The lowest BCUT2D eigenvalue weighted by Crippen LogP contribution is -1.87. The highest BCUT2D eigenvalue weighted by molar-refractivity contribution is 5.90. The van der Waals surface area contributed by atoms with Gasteiger partial charge in [0.05, 0.1) is 24.9 Å². The number of hydrogen-bond donors (Lipinski definition) is 0. The third-order valence-electron chi connectivity index (χ3n) is 3.64. The van der Waals surface area contributed by atoms with Crippen LogP contribution < -0.4 is 0 Å². The van der Waals surface area contributed by atoms with Crippen molar-refractivity contribution in [3.63, 3.8) is 0 Å². The van der Waals surface area contributed by atoms with Crippen LogP contribution in [0.3, 0.4) is 0 Å². The minimum Gasteiger partial charge on any atom is -0.257 e. The van der Waals surface area contributed by atoms with Gasteiger partial charge < -0.3 is 0 Å². The summed E-state index contributed by atoms with van der Waals surface area (Å²) in [5.74, 6) is 0. The predicted molar refractivity (Wildman–Crippen MR) is 92.3 cm³/mol. The fraction of sp³-hybridized carbons (Fsp3) is 0. The molecule has 4 heteroatoms.